The van der Waals surface area contributed by atoms with Crippen LogP contribution in [0.3, 0.4) is 0 Å². The van der Waals surface area contributed by atoms with Crippen molar-refractivity contribution in [3.05, 3.63) is 21.9 Å². The second-order valence-electron chi connectivity index (χ2n) is 4.66. The molecule has 0 fully saturated rings. The highest BCUT2D eigenvalue weighted by Crippen LogP contribution is 2.28. The molecule has 1 rings (SSSR count). The lowest BCUT2D eigenvalue weighted by Crippen LogP contribution is -2.34. The van der Waals surface area contributed by atoms with Gasteiger partial charge in [0.05, 0.1) is 12.1 Å². The van der Waals surface area contributed by atoms with Gasteiger partial charge in [-0.1, -0.05) is 20.3 Å². The lowest BCUT2D eigenvalue weighted by Gasteiger charge is -2.27. The van der Waals surface area contributed by atoms with Gasteiger partial charge in [0.1, 0.15) is 0 Å². The molecule has 1 heterocycles. The molecule has 3 heteroatoms. The second kappa shape index (κ2) is 8.68. The molecule has 0 aliphatic heterocycles. The summed E-state index contributed by atoms with van der Waals surface area (Å²) in [6, 6.07) is 4.80. The average Bonchev–Trinajstić information content (AvgIpc) is 2.77. The molecule has 104 valence electrons. The highest BCUT2D eigenvalue weighted by Gasteiger charge is 2.23. The number of rotatable bonds is 9. The molecule has 0 spiro atoms. The van der Waals surface area contributed by atoms with Crippen molar-refractivity contribution in [2.75, 3.05) is 13.2 Å². The van der Waals surface area contributed by atoms with E-state index >= 15 is 0 Å². The molecule has 2 atom stereocenters. The number of hydrogen-bond donors (Lipinski definition) is 1. The van der Waals surface area contributed by atoms with Crippen LogP contribution in [0.25, 0.3) is 0 Å². The second-order valence-corrected chi connectivity index (χ2v) is 5.98. The molecular formula is C15H27NOS. The normalized spacial score (nSPS) is 14.7. The summed E-state index contributed by atoms with van der Waals surface area (Å²) in [5.41, 5.74) is 0. The molecular weight excluding hydrogens is 242 g/mol. The first-order valence-corrected chi connectivity index (χ1v) is 7.95. The number of hydrogen-bond acceptors (Lipinski definition) is 3. The zero-order chi connectivity index (χ0) is 13.4. The number of thiophene rings is 1. The summed E-state index contributed by atoms with van der Waals surface area (Å²) < 4.78 is 5.95. The summed E-state index contributed by atoms with van der Waals surface area (Å²) in [5, 5.41) is 3.65. The largest absolute Gasteiger partial charge is 0.376 e. The van der Waals surface area contributed by atoms with E-state index in [2.05, 4.69) is 45.1 Å². The minimum atomic E-state index is 0.296. The van der Waals surface area contributed by atoms with Crippen molar-refractivity contribution in [1.29, 1.82) is 0 Å². The third-order valence-corrected chi connectivity index (χ3v) is 4.09. The van der Waals surface area contributed by atoms with E-state index in [1.165, 1.54) is 16.2 Å². The molecule has 0 saturated heterocycles. The Morgan fingerprint density at radius 1 is 1.22 bits per heavy atom. The highest BCUT2D eigenvalue weighted by atomic mass is 32.1. The molecule has 0 radical (unpaired) electrons. The maximum atomic E-state index is 5.95. The van der Waals surface area contributed by atoms with Gasteiger partial charge < -0.3 is 10.1 Å². The maximum Gasteiger partial charge on any atom is 0.0777 e. The molecule has 2 nitrogen and oxygen atoms in total. The van der Waals surface area contributed by atoms with Gasteiger partial charge >= 0.3 is 0 Å². The van der Waals surface area contributed by atoms with E-state index < -0.39 is 0 Å². The van der Waals surface area contributed by atoms with Gasteiger partial charge in [0, 0.05) is 16.4 Å². The summed E-state index contributed by atoms with van der Waals surface area (Å²) in [7, 11) is 0. The summed E-state index contributed by atoms with van der Waals surface area (Å²) in [6.45, 7) is 10.5. The fourth-order valence-electron chi connectivity index (χ4n) is 2.18. The monoisotopic (exact) mass is 269 g/mol. The number of aryl methyl sites for hydroxylation is 1. The van der Waals surface area contributed by atoms with Crippen LogP contribution < -0.4 is 5.32 Å². The third-order valence-electron chi connectivity index (χ3n) is 3.01. The van der Waals surface area contributed by atoms with Crippen LogP contribution in [-0.2, 0) is 4.74 Å². The van der Waals surface area contributed by atoms with Gasteiger partial charge in [-0.05, 0) is 45.4 Å². The Labute approximate surface area is 116 Å². The molecule has 0 aliphatic carbocycles. The predicted molar refractivity (Wildman–Crippen MR) is 80.4 cm³/mol. The summed E-state index contributed by atoms with van der Waals surface area (Å²) in [4.78, 5) is 2.79. The van der Waals surface area contributed by atoms with Crippen LogP contribution in [0, 0.1) is 6.92 Å². The Bertz CT molecular complexity index is 318. The van der Waals surface area contributed by atoms with Gasteiger partial charge in [-0.2, -0.15) is 0 Å². The van der Waals surface area contributed by atoms with E-state index in [1.54, 1.807) is 0 Å². The Balaban J connectivity index is 2.80. The van der Waals surface area contributed by atoms with Gasteiger partial charge in [-0.25, -0.2) is 0 Å². The molecule has 2 unspecified atom stereocenters. The molecule has 1 N–H and O–H groups in total. The van der Waals surface area contributed by atoms with E-state index in [9.17, 15) is 0 Å². The van der Waals surface area contributed by atoms with Crippen molar-refractivity contribution in [2.45, 2.75) is 59.1 Å². The third kappa shape index (κ3) is 4.71. The Hall–Kier alpha value is -0.380. The van der Waals surface area contributed by atoms with Crippen molar-refractivity contribution in [2.24, 2.45) is 0 Å². The van der Waals surface area contributed by atoms with Crippen LogP contribution in [-0.4, -0.2) is 19.3 Å². The SMILES string of the molecule is CCCNC(c1ccc(C)s1)C(CCC)OCC. The molecule has 0 amide bonds. The highest BCUT2D eigenvalue weighted by molar-refractivity contribution is 7.12. The summed E-state index contributed by atoms with van der Waals surface area (Å²) in [6.07, 6.45) is 3.74. The zero-order valence-electron chi connectivity index (χ0n) is 12.2. The summed E-state index contributed by atoms with van der Waals surface area (Å²) in [5.74, 6) is 0. The van der Waals surface area contributed by atoms with Crippen LogP contribution in [0.4, 0.5) is 0 Å². The zero-order valence-corrected chi connectivity index (χ0v) is 13.0. The maximum absolute atomic E-state index is 5.95. The van der Waals surface area contributed by atoms with Gasteiger partial charge in [0.25, 0.3) is 0 Å². The van der Waals surface area contributed by atoms with Crippen LogP contribution >= 0.6 is 11.3 Å². The minimum absolute atomic E-state index is 0.296. The fraction of sp³-hybridized carbons (Fsp3) is 0.733. The Morgan fingerprint density at radius 2 is 2.00 bits per heavy atom. The van der Waals surface area contributed by atoms with E-state index in [0.717, 1.165) is 26.0 Å². The first kappa shape index (κ1) is 15.7. The summed E-state index contributed by atoms with van der Waals surface area (Å²) >= 11 is 1.88. The number of nitrogens with one attached hydrogen (secondary N) is 1. The quantitative estimate of drug-likeness (QED) is 0.721. The van der Waals surface area contributed by atoms with Crippen LogP contribution in [0.5, 0.6) is 0 Å². The molecule has 1 aromatic heterocycles. The van der Waals surface area contributed by atoms with Crippen LogP contribution in [0.2, 0.25) is 0 Å². The van der Waals surface area contributed by atoms with Crippen LogP contribution in [0.15, 0.2) is 12.1 Å². The van der Waals surface area contributed by atoms with Crippen molar-refractivity contribution < 1.29 is 4.74 Å². The van der Waals surface area contributed by atoms with E-state index in [1.807, 2.05) is 11.3 Å². The van der Waals surface area contributed by atoms with Crippen molar-refractivity contribution >= 4 is 11.3 Å². The molecule has 1 aromatic rings. The smallest absolute Gasteiger partial charge is 0.0777 e. The van der Waals surface area contributed by atoms with Gasteiger partial charge in [0.2, 0.25) is 0 Å². The lowest BCUT2D eigenvalue weighted by atomic mass is 10.0. The minimum Gasteiger partial charge on any atom is -0.376 e. The fourth-order valence-corrected chi connectivity index (χ4v) is 3.19. The first-order chi connectivity index (χ1) is 8.72. The standard InChI is InChI=1S/C15H27NOS/c1-5-8-13(17-7-3)15(16-11-6-2)14-10-9-12(4)18-14/h9-10,13,15-16H,5-8,11H2,1-4H3. The Morgan fingerprint density at radius 3 is 2.50 bits per heavy atom. The van der Waals surface area contributed by atoms with Crippen molar-refractivity contribution in [3.8, 4) is 0 Å². The van der Waals surface area contributed by atoms with E-state index in [0.29, 0.717) is 12.1 Å². The lowest BCUT2D eigenvalue weighted by molar-refractivity contribution is 0.0285. The molecule has 0 aliphatic rings. The van der Waals surface area contributed by atoms with Crippen molar-refractivity contribution in [3.63, 3.8) is 0 Å². The predicted octanol–water partition coefficient (Wildman–Crippen LogP) is 4.30. The Kier molecular flexibility index (Phi) is 7.56. The van der Waals surface area contributed by atoms with Gasteiger partial charge in [-0.15, -0.1) is 11.3 Å². The molecule has 18 heavy (non-hydrogen) atoms. The molecule has 0 aromatic carbocycles. The number of ether oxygens (including phenoxy) is 1. The van der Waals surface area contributed by atoms with Crippen LogP contribution in [0.1, 0.15) is 55.8 Å². The molecule has 0 saturated carbocycles. The first-order valence-electron chi connectivity index (χ1n) is 7.14. The van der Waals surface area contributed by atoms with E-state index in [4.69, 9.17) is 4.74 Å². The molecule has 0 bridgehead atoms. The topological polar surface area (TPSA) is 21.3 Å². The average molecular weight is 269 g/mol. The van der Waals surface area contributed by atoms with E-state index in [-0.39, 0.29) is 0 Å². The van der Waals surface area contributed by atoms with Crippen molar-refractivity contribution in [1.82, 2.24) is 5.32 Å². The van der Waals surface area contributed by atoms with Gasteiger partial charge in [0.15, 0.2) is 0 Å². The van der Waals surface area contributed by atoms with Gasteiger partial charge in [-0.3, -0.25) is 0 Å².